The van der Waals surface area contributed by atoms with E-state index < -0.39 is 29.0 Å². The number of hydrogen-bond acceptors (Lipinski definition) is 5. The third-order valence-electron chi connectivity index (χ3n) is 3.80. The summed E-state index contributed by atoms with van der Waals surface area (Å²) in [5, 5.41) is 5.64. The fourth-order valence-electron chi connectivity index (χ4n) is 2.46. The van der Waals surface area contributed by atoms with E-state index in [9.17, 15) is 14.4 Å². The van der Waals surface area contributed by atoms with Crippen LogP contribution in [0.2, 0.25) is 0 Å². The summed E-state index contributed by atoms with van der Waals surface area (Å²) in [5.41, 5.74) is -1.85. The molecule has 0 heterocycles. The molecule has 0 aliphatic heterocycles. The molecule has 0 aromatic heterocycles. The molecule has 0 aromatic carbocycles. The number of carbonyl (C=O) groups is 3. The molecular weight excluding hydrogens is 300 g/mol. The Hall–Kier alpha value is -1.79. The van der Waals surface area contributed by atoms with E-state index in [4.69, 9.17) is 4.74 Å². The Kier molecular flexibility index (Phi) is 6.02. The molecule has 0 aromatic rings. The van der Waals surface area contributed by atoms with Gasteiger partial charge in [-0.25, -0.2) is 4.79 Å². The first kappa shape index (κ1) is 19.3. The number of methoxy groups -OCH3 is 1. The molecule has 7 heteroatoms. The summed E-state index contributed by atoms with van der Waals surface area (Å²) in [6.07, 6.45) is 1.87. The summed E-state index contributed by atoms with van der Waals surface area (Å²) >= 11 is 0. The van der Waals surface area contributed by atoms with E-state index in [2.05, 4.69) is 15.4 Å². The fraction of sp³-hybridized carbons (Fsp3) is 0.812. The molecule has 1 saturated carbocycles. The zero-order valence-corrected chi connectivity index (χ0v) is 14.8. The van der Waals surface area contributed by atoms with Crippen LogP contribution >= 0.6 is 0 Å². The number of hydrogen-bond donors (Lipinski definition) is 2. The van der Waals surface area contributed by atoms with Crippen molar-refractivity contribution in [2.75, 3.05) is 7.11 Å². The Labute approximate surface area is 137 Å². The van der Waals surface area contributed by atoms with Crippen molar-refractivity contribution < 1.29 is 23.9 Å². The summed E-state index contributed by atoms with van der Waals surface area (Å²) < 4.78 is 9.90. The molecule has 7 nitrogen and oxygen atoms in total. The minimum absolute atomic E-state index is 0.206. The molecule has 23 heavy (non-hydrogen) atoms. The van der Waals surface area contributed by atoms with Crippen molar-refractivity contribution in [2.24, 2.45) is 5.41 Å². The lowest BCUT2D eigenvalue weighted by atomic mass is 9.92. The quantitative estimate of drug-likeness (QED) is 0.606. The maximum absolute atomic E-state index is 12.3. The Morgan fingerprint density at radius 2 is 1.48 bits per heavy atom. The smallest absolute Gasteiger partial charge is 0.407 e. The number of carbonyl (C=O) groups excluding carboxylic acids is 3. The highest BCUT2D eigenvalue weighted by Gasteiger charge is 2.40. The minimum atomic E-state index is -1.27. The van der Waals surface area contributed by atoms with Crippen LogP contribution < -0.4 is 10.6 Å². The lowest BCUT2D eigenvalue weighted by Crippen LogP contribution is -2.53. The van der Waals surface area contributed by atoms with Gasteiger partial charge in [-0.3, -0.25) is 9.59 Å². The first-order valence-electron chi connectivity index (χ1n) is 7.86. The van der Waals surface area contributed by atoms with E-state index in [1.807, 2.05) is 0 Å². The molecule has 0 radical (unpaired) electrons. The van der Waals surface area contributed by atoms with Gasteiger partial charge in [0.05, 0.1) is 13.2 Å². The Morgan fingerprint density at radius 3 is 1.96 bits per heavy atom. The summed E-state index contributed by atoms with van der Waals surface area (Å²) in [4.78, 5) is 35.9. The predicted octanol–water partition coefficient (Wildman–Crippen LogP) is 1.75. The number of esters is 1. The van der Waals surface area contributed by atoms with Crippen molar-refractivity contribution in [3.63, 3.8) is 0 Å². The van der Waals surface area contributed by atoms with Gasteiger partial charge in [0, 0.05) is 6.04 Å². The molecule has 2 N–H and O–H groups in total. The van der Waals surface area contributed by atoms with E-state index in [1.165, 1.54) is 21.0 Å². The van der Waals surface area contributed by atoms with Gasteiger partial charge in [-0.1, -0.05) is 0 Å². The molecule has 0 unspecified atom stereocenters. The molecule has 1 aliphatic carbocycles. The van der Waals surface area contributed by atoms with Crippen LogP contribution in [0.5, 0.6) is 0 Å². The summed E-state index contributed by atoms with van der Waals surface area (Å²) in [6, 6.07) is -0.429. The van der Waals surface area contributed by atoms with E-state index in [0.717, 1.165) is 19.3 Å². The van der Waals surface area contributed by atoms with Crippen molar-refractivity contribution in [1.82, 2.24) is 10.6 Å². The van der Waals surface area contributed by atoms with Crippen molar-refractivity contribution in [1.29, 1.82) is 0 Å². The van der Waals surface area contributed by atoms with Gasteiger partial charge in [0.2, 0.25) is 5.91 Å². The third-order valence-corrected chi connectivity index (χ3v) is 3.80. The lowest BCUT2D eigenvalue weighted by Gasteiger charge is -2.28. The maximum Gasteiger partial charge on any atom is 0.407 e. The van der Waals surface area contributed by atoms with Gasteiger partial charge in [0.25, 0.3) is 0 Å². The Balaban J connectivity index is 2.64. The van der Waals surface area contributed by atoms with Crippen LogP contribution in [0.25, 0.3) is 0 Å². The minimum Gasteiger partial charge on any atom is -0.468 e. The van der Waals surface area contributed by atoms with Gasteiger partial charge < -0.3 is 20.1 Å². The second-order valence-electron chi connectivity index (χ2n) is 7.38. The van der Waals surface area contributed by atoms with E-state index in [-0.39, 0.29) is 12.1 Å². The zero-order chi connectivity index (χ0) is 17.8. The van der Waals surface area contributed by atoms with Crippen LogP contribution in [0.15, 0.2) is 0 Å². The molecule has 0 bridgehead atoms. The molecular formula is C16H28N2O5. The average molecular weight is 328 g/mol. The van der Waals surface area contributed by atoms with Gasteiger partial charge in [-0.2, -0.15) is 0 Å². The van der Waals surface area contributed by atoms with Crippen LogP contribution in [0.1, 0.15) is 53.9 Å². The number of ether oxygens (including phenoxy) is 2. The van der Waals surface area contributed by atoms with Crippen LogP contribution in [-0.2, 0) is 19.1 Å². The second-order valence-corrected chi connectivity index (χ2v) is 7.38. The highest BCUT2D eigenvalue weighted by atomic mass is 16.6. The largest absolute Gasteiger partial charge is 0.468 e. The number of rotatable bonds is 4. The van der Waals surface area contributed by atoms with Crippen molar-refractivity contribution in [3.05, 3.63) is 0 Å². The molecule has 2 amide bonds. The zero-order valence-electron chi connectivity index (χ0n) is 14.8. The molecule has 1 rings (SSSR count). The van der Waals surface area contributed by atoms with Gasteiger partial charge in [0.1, 0.15) is 11.0 Å². The highest BCUT2D eigenvalue weighted by molar-refractivity contribution is 6.01. The average Bonchev–Trinajstić information content (AvgIpc) is 2.82. The molecule has 132 valence electrons. The van der Waals surface area contributed by atoms with Crippen molar-refractivity contribution in [3.8, 4) is 0 Å². The first-order chi connectivity index (χ1) is 10.5. The molecule has 1 aliphatic rings. The summed E-state index contributed by atoms with van der Waals surface area (Å²) in [7, 11) is 1.25. The molecule has 0 saturated heterocycles. The van der Waals surface area contributed by atoms with Gasteiger partial charge in [-0.05, 0) is 53.9 Å². The van der Waals surface area contributed by atoms with Crippen LogP contribution in [0.3, 0.4) is 0 Å². The van der Waals surface area contributed by atoms with Crippen LogP contribution in [0, 0.1) is 5.41 Å². The van der Waals surface area contributed by atoms with Crippen molar-refractivity contribution >= 4 is 18.0 Å². The highest BCUT2D eigenvalue weighted by Crippen LogP contribution is 2.23. The molecule has 2 atom stereocenters. The number of nitrogens with one attached hydrogen (secondary N) is 2. The normalized spacial score (nSPS) is 21.5. The SMILES string of the molecule is COC(=O)C(C)(C)C(=O)N[C@H]1CCC[C@@H]1NC(=O)OC(C)(C)C. The Morgan fingerprint density at radius 1 is 0.957 bits per heavy atom. The fourth-order valence-corrected chi connectivity index (χ4v) is 2.46. The molecule has 1 fully saturated rings. The monoisotopic (exact) mass is 328 g/mol. The first-order valence-corrected chi connectivity index (χ1v) is 7.86. The topological polar surface area (TPSA) is 93.7 Å². The van der Waals surface area contributed by atoms with Crippen LogP contribution in [0.4, 0.5) is 4.79 Å². The number of amides is 2. The predicted molar refractivity (Wildman–Crippen MR) is 84.7 cm³/mol. The van der Waals surface area contributed by atoms with Crippen LogP contribution in [-0.4, -0.2) is 42.8 Å². The maximum atomic E-state index is 12.3. The third kappa shape index (κ3) is 5.41. The van der Waals surface area contributed by atoms with Gasteiger partial charge in [-0.15, -0.1) is 0 Å². The van der Waals surface area contributed by atoms with E-state index >= 15 is 0 Å². The second kappa shape index (κ2) is 7.19. The van der Waals surface area contributed by atoms with Gasteiger partial charge in [0.15, 0.2) is 0 Å². The van der Waals surface area contributed by atoms with Gasteiger partial charge >= 0.3 is 12.1 Å². The number of alkyl carbamates (subject to hydrolysis) is 1. The Bertz CT molecular complexity index is 468. The standard InChI is InChI=1S/C16H28N2O5/c1-15(2,3)23-14(21)18-11-9-7-8-10(11)17-12(19)16(4,5)13(20)22-6/h10-11H,7-9H2,1-6H3,(H,17,19)(H,18,21)/t10-,11-/m0/s1. The summed E-state index contributed by atoms with van der Waals surface area (Å²) in [6.45, 7) is 8.40. The van der Waals surface area contributed by atoms with E-state index in [1.54, 1.807) is 20.8 Å². The van der Waals surface area contributed by atoms with Crippen molar-refractivity contribution in [2.45, 2.75) is 71.6 Å². The lowest BCUT2D eigenvalue weighted by molar-refractivity contribution is -0.156. The summed E-state index contributed by atoms with van der Waals surface area (Å²) in [5.74, 6) is -1.00. The van der Waals surface area contributed by atoms with E-state index in [0.29, 0.717) is 0 Å². The molecule has 0 spiro atoms.